The maximum Gasteiger partial charge on any atom is 0.0562 e. The second-order valence-electron chi connectivity index (χ2n) is 16.8. The van der Waals surface area contributed by atoms with Crippen molar-refractivity contribution in [1.82, 2.24) is 4.57 Å². The van der Waals surface area contributed by atoms with Crippen molar-refractivity contribution in [3.63, 3.8) is 0 Å². The molecule has 1 aliphatic rings. The highest BCUT2D eigenvalue weighted by molar-refractivity contribution is 6.16. The van der Waals surface area contributed by atoms with Crippen LogP contribution in [0.4, 0.5) is 34.1 Å². The Kier molecular flexibility index (Phi) is 10.0. The Morgan fingerprint density at radius 3 is 1.48 bits per heavy atom. The van der Waals surface area contributed by atoms with Crippen LogP contribution < -0.4 is 9.80 Å². The van der Waals surface area contributed by atoms with Gasteiger partial charge in [-0.15, -0.1) is 0 Å². The van der Waals surface area contributed by atoms with Crippen LogP contribution in [0.25, 0.3) is 27.5 Å². The third kappa shape index (κ3) is 6.94. The van der Waals surface area contributed by atoms with E-state index in [1.54, 1.807) is 0 Å². The zero-order chi connectivity index (χ0) is 40.5. The quantitative estimate of drug-likeness (QED) is 0.137. The molecule has 0 bridgehead atoms. The zero-order valence-corrected chi connectivity index (χ0v) is 34.6. The minimum atomic E-state index is -0.225. The third-order valence-electron chi connectivity index (χ3n) is 12.9. The first kappa shape index (κ1) is 37.4. The molecule has 3 nitrogen and oxygen atoms in total. The summed E-state index contributed by atoms with van der Waals surface area (Å²) in [7, 11) is 0. The molecule has 0 unspecified atom stereocenters. The molecule has 60 heavy (non-hydrogen) atoms. The Bertz CT molecular complexity index is 2830. The minimum Gasteiger partial charge on any atom is -0.311 e. The van der Waals surface area contributed by atoms with Gasteiger partial charge in [0.05, 0.1) is 16.7 Å². The molecule has 1 fully saturated rings. The number of benzene rings is 8. The van der Waals surface area contributed by atoms with Crippen LogP contribution in [0.5, 0.6) is 0 Å². The first-order valence-electron chi connectivity index (χ1n) is 21.6. The van der Waals surface area contributed by atoms with E-state index in [0.717, 1.165) is 34.1 Å². The van der Waals surface area contributed by atoms with Crippen LogP contribution in [0.1, 0.15) is 68.6 Å². The molecule has 10 rings (SSSR count). The minimum absolute atomic E-state index is 0.225. The van der Waals surface area contributed by atoms with E-state index >= 15 is 0 Å². The third-order valence-corrected chi connectivity index (χ3v) is 12.9. The smallest absolute Gasteiger partial charge is 0.0562 e. The molecule has 0 radical (unpaired) electrons. The summed E-state index contributed by atoms with van der Waals surface area (Å²) >= 11 is 0. The van der Waals surface area contributed by atoms with Gasteiger partial charge >= 0.3 is 0 Å². The number of hydrogen-bond acceptors (Lipinski definition) is 2. The number of hydrogen-bond donors (Lipinski definition) is 0. The molecular formula is C57H51N3. The lowest BCUT2D eigenvalue weighted by atomic mass is 9.78. The van der Waals surface area contributed by atoms with E-state index in [-0.39, 0.29) is 5.41 Å². The SMILES string of the molecule is CC(C)(c1ccc(N(c2ccccc2)c2ccc(C3CCCCC3)cc2)cc1)c1ccc(N(c2ccccc2)c2cccc3c2c2ccccc2n3-c2ccccc2)cc1. The molecule has 1 aromatic heterocycles. The molecular weight excluding hydrogens is 727 g/mol. The average molecular weight is 778 g/mol. The van der Waals surface area contributed by atoms with Crippen LogP contribution in [-0.4, -0.2) is 4.57 Å². The first-order valence-corrected chi connectivity index (χ1v) is 21.6. The summed E-state index contributed by atoms with van der Waals surface area (Å²) < 4.78 is 2.39. The summed E-state index contributed by atoms with van der Waals surface area (Å²) in [6.07, 6.45) is 6.69. The van der Waals surface area contributed by atoms with Crippen molar-refractivity contribution in [2.75, 3.05) is 9.80 Å². The number of rotatable bonds is 10. The molecule has 0 amide bonds. The van der Waals surface area contributed by atoms with Gasteiger partial charge < -0.3 is 14.4 Å². The van der Waals surface area contributed by atoms with Crippen LogP contribution in [-0.2, 0) is 5.41 Å². The number of fused-ring (bicyclic) bond motifs is 3. The molecule has 8 aromatic carbocycles. The fourth-order valence-electron chi connectivity index (χ4n) is 9.62. The van der Waals surface area contributed by atoms with Gasteiger partial charge in [0.1, 0.15) is 0 Å². The van der Waals surface area contributed by atoms with Crippen LogP contribution in [0.2, 0.25) is 0 Å². The van der Waals surface area contributed by atoms with E-state index in [9.17, 15) is 0 Å². The maximum atomic E-state index is 2.41. The van der Waals surface area contributed by atoms with E-state index in [0.29, 0.717) is 5.92 Å². The molecule has 1 heterocycles. The van der Waals surface area contributed by atoms with Gasteiger partial charge in [0.2, 0.25) is 0 Å². The second kappa shape index (κ2) is 16.1. The van der Waals surface area contributed by atoms with E-state index < -0.39 is 0 Å². The van der Waals surface area contributed by atoms with Crippen LogP contribution >= 0.6 is 0 Å². The molecule has 1 aliphatic carbocycles. The molecule has 3 heteroatoms. The van der Waals surface area contributed by atoms with Crippen molar-refractivity contribution in [3.8, 4) is 5.69 Å². The van der Waals surface area contributed by atoms with Crippen molar-refractivity contribution in [2.24, 2.45) is 0 Å². The fraction of sp³-hybridized carbons (Fsp3) is 0.158. The van der Waals surface area contributed by atoms with Gasteiger partial charge in [-0.25, -0.2) is 0 Å². The molecule has 0 N–H and O–H groups in total. The van der Waals surface area contributed by atoms with Crippen molar-refractivity contribution in [3.05, 3.63) is 223 Å². The summed E-state index contributed by atoms with van der Waals surface area (Å²) in [5, 5.41) is 2.46. The number of anilines is 6. The van der Waals surface area contributed by atoms with E-state index in [1.165, 1.54) is 76.3 Å². The van der Waals surface area contributed by atoms with E-state index in [4.69, 9.17) is 0 Å². The largest absolute Gasteiger partial charge is 0.311 e. The summed E-state index contributed by atoms with van der Waals surface area (Å²) in [6, 6.07) is 75.5. The van der Waals surface area contributed by atoms with Crippen molar-refractivity contribution in [2.45, 2.75) is 57.3 Å². The van der Waals surface area contributed by atoms with E-state index in [2.05, 4.69) is 234 Å². The Morgan fingerprint density at radius 2 is 0.883 bits per heavy atom. The zero-order valence-electron chi connectivity index (χ0n) is 34.6. The first-order chi connectivity index (χ1) is 29.5. The lowest BCUT2D eigenvalue weighted by Gasteiger charge is -2.30. The molecule has 9 aromatic rings. The molecule has 0 atom stereocenters. The monoisotopic (exact) mass is 777 g/mol. The highest BCUT2D eigenvalue weighted by atomic mass is 15.2. The molecule has 294 valence electrons. The van der Waals surface area contributed by atoms with Gasteiger partial charge in [-0.3, -0.25) is 0 Å². The van der Waals surface area contributed by atoms with Crippen LogP contribution in [0, 0.1) is 0 Å². The van der Waals surface area contributed by atoms with Crippen molar-refractivity contribution in [1.29, 1.82) is 0 Å². The summed E-state index contributed by atoms with van der Waals surface area (Å²) in [5.41, 5.74) is 14.2. The number of aromatic nitrogens is 1. The standard InChI is InChI=1S/C57H51N3/c1-57(2,44-32-38-50(39-33-44)58(46-20-9-4-10-21-46)49-36-30-43(31-37-49)42-18-7-3-8-19-42)45-34-40-51(41-35-45)59(47-22-11-5-12-23-47)54-28-17-29-55-56(54)52-26-15-16-27-53(52)60(55)48-24-13-6-14-25-48/h4-6,9-17,20-42H,3,7-8,18-19H2,1-2H3. The highest BCUT2D eigenvalue weighted by Crippen LogP contribution is 2.45. The number of para-hydroxylation sites is 4. The highest BCUT2D eigenvalue weighted by Gasteiger charge is 2.26. The van der Waals surface area contributed by atoms with Gasteiger partial charge in [-0.1, -0.05) is 148 Å². The molecule has 0 spiro atoms. The molecule has 0 aliphatic heterocycles. The van der Waals surface area contributed by atoms with Gasteiger partial charge in [0, 0.05) is 50.3 Å². The Morgan fingerprint density at radius 1 is 0.417 bits per heavy atom. The second-order valence-corrected chi connectivity index (χ2v) is 16.8. The predicted octanol–water partition coefficient (Wildman–Crippen LogP) is 16.1. The van der Waals surface area contributed by atoms with Gasteiger partial charge in [-0.2, -0.15) is 0 Å². The van der Waals surface area contributed by atoms with Gasteiger partial charge in [-0.05, 0) is 126 Å². The fourth-order valence-corrected chi connectivity index (χ4v) is 9.62. The summed E-state index contributed by atoms with van der Waals surface area (Å²) in [5.74, 6) is 0.692. The normalized spacial score (nSPS) is 13.4. The van der Waals surface area contributed by atoms with Crippen molar-refractivity contribution >= 4 is 55.9 Å². The summed E-state index contributed by atoms with van der Waals surface area (Å²) in [6.45, 7) is 4.67. The Labute approximate surface area is 354 Å². The van der Waals surface area contributed by atoms with Crippen LogP contribution in [0.15, 0.2) is 206 Å². The number of nitrogens with zero attached hydrogens (tertiary/aromatic N) is 3. The van der Waals surface area contributed by atoms with Gasteiger partial charge in [0.25, 0.3) is 0 Å². The Balaban J connectivity index is 0.991. The topological polar surface area (TPSA) is 11.4 Å². The Hall–Kier alpha value is -6.84. The van der Waals surface area contributed by atoms with E-state index in [1.807, 2.05) is 0 Å². The van der Waals surface area contributed by atoms with Crippen LogP contribution in [0.3, 0.4) is 0 Å². The van der Waals surface area contributed by atoms with Crippen molar-refractivity contribution < 1.29 is 0 Å². The van der Waals surface area contributed by atoms with Gasteiger partial charge in [0.15, 0.2) is 0 Å². The predicted molar refractivity (Wildman–Crippen MR) is 255 cm³/mol. The lowest BCUT2D eigenvalue weighted by Crippen LogP contribution is -2.19. The average Bonchev–Trinajstić information content (AvgIpc) is 3.66. The summed E-state index contributed by atoms with van der Waals surface area (Å²) in [4.78, 5) is 4.79. The lowest BCUT2D eigenvalue weighted by molar-refractivity contribution is 0.443. The molecule has 0 saturated heterocycles. The molecule has 1 saturated carbocycles. The maximum absolute atomic E-state index is 2.41.